The van der Waals surface area contributed by atoms with Crippen LogP contribution in [0.25, 0.3) is 0 Å². The molecular formula is C17H27NO4. The zero-order chi connectivity index (χ0) is 15.8. The van der Waals surface area contributed by atoms with Crippen molar-refractivity contribution in [3.05, 3.63) is 24.3 Å². The maximum atomic E-state index is 10.1. The Kier molecular flexibility index (Phi) is 6.96. The highest BCUT2D eigenvalue weighted by atomic mass is 16.5. The van der Waals surface area contributed by atoms with E-state index in [0.29, 0.717) is 19.1 Å². The molecule has 1 aromatic rings. The second-order valence-corrected chi connectivity index (χ2v) is 5.80. The zero-order valence-electron chi connectivity index (χ0n) is 13.3. The first-order valence-electron chi connectivity index (χ1n) is 8.08. The van der Waals surface area contributed by atoms with Crippen LogP contribution in [0.15, 0.2) is 24.3 Å². The number of β-amino-alcohol motifs (C(OH)–C–C–N with tert-alkyl or cyclic N) is 1. The minimum Gasteiger partial charge on any atom is -0.494 e. The molecule has 5 heteroatoms. The zero-order valence-corrected chi connectivity index (χ0v) is 13.3. The summed E-state index contributed by atoms with van der Waals surface area (Å²) in [6.07, 6.45) is 1.50. The standard InChI is InChI=1S/C17H27NO4/c1-2-21-16-3-5-17(6-4-16)22-13-15(20)11-18-9-7-14(12-19)8-10-18/h3-6,14-15,19-20H,2,7-13H2,1H3/t15-/m1/s1. The Hall–Kier alpha value is -1.30. The fourth-order valence-corrected chi connectivity index (χ4v) is 2.69. The van der Waals surface area contributed by atoms with Crippen molar-refractivity contribution < 1.29 is 19.7 Å². The summed E-state index contributed by atoms with van der Waals surface area (Å²) >= 11 is 0. The van der Waals surface area contributed by atoms with E-state index in [9.17, 15) is 5.11 Å². The van der Waals surface area contributed by atoms with Gasteiger partial charge in [0.25, 0.3) is 0 Å². The summed E-state index contributed by atoms with van der Waals surface area (Å²) in [7, 11) is 0. The molecule has 1 aliphatic heterocycles. The summed E-state index contributed by atoms with van der Waals surface area (Å²) in [5.41, 5.74) is 0. The van der Waals surface area contributed by atoms with Gasteiger partial charge in [-0.1, -0.05) is 0 Å². The number of nitrogens with zero attached hydrogens (tertiary/aromatic N) is 1. The smallest absolute Gasteiger partial charge is 0.119 e. The average molecular weight is 309 g/mol. The number of piperidine rings is 1. The predicted molar refractivity (Wildman–Crippen MR) is 85.4 cm³/mol. The van der Waals surface area contributed by atoms with E-state index in [1.165, 1.54) is 0 Å². The molecule has 5 nitrogen and oxygen atoms in total. The van der Waals surface area contributed by atoms with E-state index >= 15 is 0 Å². The molecule has 1 atom stereocenters. The first kappa shape index (κ1) is 17.1. The van der Waals surface area contributed by atoms with Crippen molar-refractivity contribution in [2.24, 2.45) is 5.92 Å². The normalized spacial score (nSPS) is 18.1. The molecule has 1 aromatic carbocycles. The summed E-state index contributed by atoms with van der Waals surface area (Å²) in [6, 6.07) is 7.44. The van der Waals surface area contributed by atoms with Crippen LogP contribution in [-0.4, -0.2) is 60.7 Å². The molecule has 0 spiro atoms. The van der Waals surface area contributed by atoms with E-state index in [-0.39, 0.29) is 13.2 Å². The molecule has 0 radical (unpaired) electrons. The summed E-state index contributed by atoms with van der Waals surface area (Å²) in [6.45, 7) is 5.65. The minimum atomic E-state index is -0.503. The second-order valence-electron chi connectivity index (χ2n) is 5.80. The summed E-state index contributed by atoms with van der Waals surface area (Å²) in [4.78, 5) is 2.23. The van der Waals surface area contributed by atoms with Crippen molar-refractivity contribution in [2.45, 2.75) is 25.9 Å². The van der Waals surface area contributed by atoms with E-state index in [4.69, 9.17) is 14.6 Å². The minimum absolute atomic E-state index is 0.275. The topological polar surface area (TPSA) is 62.2 Å². The van der Waals surface area contributed by atoms with Crippen molar-refractivity contribution in [1.29, 1.82) is 0 Å². The van der Waals surface area contributed by atoms with Crippen LogP contribution in [0.2, 0.25) is 0 Å². The Balaban J connectivity index is 1.68. The number of ether oxygens (including phenoxy) is 2. The second kappa shape index (κ2) is 8.98. The van der Waals surface area contributed by atoms with Crippen molar-refractivity contribution in [3.63, 3.8) is 0 Å². The van der Waals surface area contributed by atoms with Gasteiger partial charge >= 0.3 is 0 Å². The quantitative estimate of drug-likeness (QED) is 0.762. The molecule has 0 aromatic heterocycles. The molecule has 2 rings (SSSR count). The van der Waals surface area contributed by atoms with E-state index in [2.05, 4.69) is 4.90 Å². The summed E-state index contributed by atoms with van der Waals surface area (Å²) in [5.74, 6) is 1.98. The van der Waals surface area contributed by atoms with Crippen LogP contribution >= 0.6 is 0 Å². The molecule has 0 aliphatic carbocycles. The largest absolute Gasteiger partial charge is 0.494 e. The number of aliphatic hydroxyl groups excluding tert-OH is 2. The van der Waals surface area contributed by atoms with E-state index in [1.54, 1.807) is 0 Å². The van der Waals surface area contributed by atoms with Crippen LogP contribution in [-0.2, 0) is 0 Å². The average Bonchev–Trinajstić information content (AvgIpc) is 2.55. The number of likely N-dealkylation sites (tertiary alicyclic amines) is 1. The SMILES string of the molecule is CCOc1ccc(OC[C@H](O)CN2CCC(CO)CC2)cc1. The van der Waals surface area contributed by atoms with Crippen molar-refractivity contribution in [1.82, 2.24) is 4.90 Å². The lowest BCUT2D eigenvalue weighted by atomic mass is 9.98. The van der Waals surface area contributed by atoms with Gasteiger partial charge in [0.1, 0.15) is 24.2 Å². The van der Waals surface area contributed by atoms with Gasteiger partial charge in [-0.3, -0.25) is 0 Å². The molecule has 22 heavy (non-hydrogen) atoms. The first-order chi connectivity index (χ1) is 10.7. The summed E-state index contributed by atoms with van der Waals surface area (Å²) < 4.78 is 11.0. The third-order valence-corrected chi connectivity index (χ3v) is 4.01. The fourth-order valence-electron chi connectivity index (χ4n) is 2.69. The van der Waals surface area contributed by atoms with Crippen molar-refractivity contribution in [3.8, 4) is 11.5 Å². The predicted octanol–water partition coefficient (Wildman–Crippen LogP) is 1.53. The monoisotopic (exact) mass is 309 g/mol. The maximum absolute atomic E-state index is 10.1. The first-order valence-corrected chi connectivity index (χ1v) is 8.08. The molecule has 124 valence electrons. The third kappa shape index (κ3) is 5.48. The maximum Gasteiger partial charge on any atom is 0.119 e. The third-order valence-electron chi connectivity index (χ3n) is 4.01. The number of hydrogen-bond donors (Lipinski definition) is 2. The van der Waals surface area contributed by atoms with E-state index in [1.807, 2.05) is 31.2 Å². The lowest BCUT2D eigenvalue weighted by molar-refractivity contribution is 0.0488. The Morgan fingerprint density at radius 1 is 1.14 bits per heavy atom. The van der Waals surface area contributed by atoms with Crippen molar-refractivity contribution >= 4 is 0 Å². The Morgan fingerprint density at radius 3 is 2.27 bits per heavy atom. The van der Waals surface area contributed by atoms with Gasteiger partial charge in [0.2, 0.25) is 0 Å². The lowest BCUT2D eigenvalue weighted by Gasteiger charge is -2.32. The molecular weight excluding hydrogens is 282 g/mol. The van der Waals surface area contributed by atoms with Gasteiger partial charge in [-0.15, -0.1) is 0 Å². The number of benzene rings is 1. The van der Waals surface area contributed by atoms with Gasteiger partial charge in [-0.2, -0.15) is 0 Å². The van der Waals surface area contributed by atoms with E-state index < -0.39 is 6.10 Å². The molecule has 2 N–H and O–H groups in total. The molecule has 1 aliphatic rings. The Morgan fingerprint density at radius 2 is 1.73 bits per heavy atom. The van der Waals surface area contributed by atoms with Crippen LogP contribution in [0.5, 0.6) is 11.5 Å². The molecule has 0 bridgehead atoms. The van der Waals surface area contributed by atoms with Gasteiger partial charge < -0.3 is 24.6 Å². The van der Waals surface area contributed by atoms with E-state index in [0.717, 1.165) is 37.4 Å². The summed E-state index contributed by atoms with van der Waals surface area (Å²) in [5, 5.41) is 19.2. The van der Waals surface area contributed by atoms with Gasteiger partial charge in [-0.25, -0.2) is 0 Å². The van der Waals surface area contributed by atoms with Gasteiger partial charge in [0.15, 0.2) is 0 Å². The van der Waals surface area contributed by atoms with Gasteiger partial charge in [0.05, 0.1) is 6.61 Å². The van der Waals surface area contributed by atoms with Crippen LogP contribution < -0.4 is 9.47 Å². The number of rotatable bonds is 8. The van der Waals surface area contributed by atoms with Crippen LogP contribution in [0.1, 0.15) is 19.8 Å². The molecule has 0 unspecified atom stereocenters. The van der Waals surface area contributed by atoms with Crippen LogP contribution in [0.4, 0.5) is 0 Å². The Bertz CT molecular complexity index is 415. The van der Waals surface area contributed by atoms with Crippen LogP contribution in [0, 0.1) is 5.92 Å². The molecule has 1 heterocycles. The highest BCUT2D eigenvalue weighted by Crippen LogP contribution is 2.19. The van der Waals surface area contributed by atoms with Crippen molar-refractivity contribution in [2.75, 3.05) is 39.5 Å². The Labute approximate surface area is 132 Å². The number of hydrogen-bond acceptors (Lipinski definition) is 5. The number of aliphatic hydroxyl groups is 2. The molecule has 1 saturated heterocycles. The van der Waals surface area contributed by atoms with Crippen LogP contribution in [0.3, 0.4) is 0 Å². The molecule has 1 fully saturated rings. The van der Waals surface area contributed by atoms with Gasteiger partial charge in [-0.05, 0) is 63.0 Å². The van der Waals surface area contributed by atoms with Gasteiger partial charge in [0, 0.05) is 13.2 Å². The molecule has 0 amide bonds. The molecule has 0 saturated carbocycles. The highest BCUT2D eigenvalue weighted by Gasteiger charge is 2.20. The lowest BCUT2D eigenvalue weighted by Crippen LogP contribution is -2.41. The fraction of sp³-hybridized carbons (Fsp3) is 0.647. The highest BCUT2D eigenvalue weighted by molar-refractivity contribution is 5.31.